The Labute approximate surface area is 507 Å². The van der Waals surface area contributed by atoms with Gasteiger partial charge in [0.1, 0.15) is 55.2 Å². The number of hydrogen-bond donors (Lipinski definition) is 4. The van der Waals surface area contributed by atoms with Crippen LogP contribution in [0.2, 0.25) is 20.1 Å². The Morgan fingerprint density at radius 1 is 0.655 bits per heavy atom. The average molecular weight is 1270 g/mol. The lowest BCUT2D eigenvalue weighted by atomic mass is 9.83. The number of carboxylic acid groups (broad SMARTS) is 1. The van der Waals surface area contributed by atoms with E-state index in [-0.39, 0.29) is 53.5 Å². The van der Waals surface area contributed by atoms with Gasteiger partial charge >= 0.3 is 5.97 Å². The zero-order chi connectivity index (χ0) is 58.4. The van der Waals surface area contributed by atoms with Crippen molar-refractivity contribution in [2.24, 2.45) is 0 Å². The van der Waals surface area contributed by atoms with E-state index >= 15 is 4.39 Å². The summed E-state index contributed by atoms with van der Waals surface area (Å²) >= 11 is 28.0. The Balaban J connectivity index is 0.000000168. The molecule has 4 aliphatic carbocycles. The summed E-state index contributed by atoms with van der Waals surface area (Å²) in [6, 6.07) is 5.20. The van der Waals surface area contributed by atoms with Crippen molar-refractivity contribution < 1.29 is 56.9 Å². The lowest BCUT2D eigenvalue weighted by Gasteiger charge is -2.34. The molecule has 5 fully saturated rings. The molecule has 18 nitrogen and oxygen atoms in total. The number of hydrogen-bond acceptors (Lipinski definition) is 18. The van der Waals surface area contributed by atoms with Gasteiger partial charge in [-0.3, -0.25) is 19.7 Å². The van der Waals surface area contributed by atoms with Crippen molar-refractivity contribution in [3.05, 3.63) is 125 Å². The van der Waals surface area contributed by atoms with Crippen molar-refractivity contribution >= 4 is 101 Å². The highest BCUT2D eigenvalue weighted by Gasteiger charge is 2.42. The molecule has 0 radical (unpaired) electrons. The van der Waals surface area contributed by atoms with Crippen LogP contribution >= 0.6 is 69.1 Å². The van der Waals surface area contributed by atoms with Crippen LogP contribution in [0.4, 0.5) is 8.78 Å². The molecule has 0 bridgehead atoms. The molecule has 1 saturated heterocycles. The Hall–Kier alpha value is -5.34. The van der Waals surface area contributed by atoms with Crippen molar-refractivity contribution in [2.75, 3.05) is 39.4 Å². The van der Waals surface area contributed by atoms with Gasteiger partial charge in [-0.1, -0.05) is 56.7 Å². The number of pyridine rings is 2. The van der Waals surface area contributed by atoms with Crippen LogP contribution in [0.1, 0.15) is 142 Å². The SMILES string of the molecule is O=C(NCCN1CCOCC1)c1cc(F)c2nc(C3(O)CCC(OCc4c(-c5c(Cl)cncc5Cl)noc4C4CC4)CC3)sc2c1.O=C(O)c1cc(F)c2nc(C3(O)CCC(OCc4c(-c5c(Cl)cncc5Cl)noc4C4CC4)CC3)sc2c1. The second-order valence-electron chi connectivity index (χ2n) is 22.0. The highest BCUT2D eigenvalue weighted by Crippen LogP contribution is 2.49. The first-order chi connectivity index (χ1) is 40.5. The molecule has 26 heteroatoms. The number of benzene rings is 2. The molecule has 4 saturated carbocycles. The molecular formula is C58H56Cl4F2N8O10S2. The Kier molecular flexibility index (Phi) is 17.4. The first-order valence-corrected chi connectivity index (χ1v) is 30.9. The van der Waals surface area contributed by atoms with Crippen LogP contribution in [0.25, 0.3) is 42.9 Å². The van der Waals surface area contributed by atoms with Crippen molar-refractivity contribution in [1.29, 1.82) is 0 Å². The van der Waals surface area contributed by atoms with E-state index in [0.29, 0.717) is 152 Å². The first-order valence-electron chi connectivity index (χ1n) is 27.8. The monoisotopic (exact) mass is 1270 g/mol. The number of ether oxygens (including phenoxy) is 3. The molecule has 5 aliphatic rings. The van der Waals surface area contributed by atoms with Gasteiger partial charge in [-0.15, -0.1) is 22.7 Å². The van der Waals surface area contributed by atoms with Gasteiger partial charge in [0.2, 0.25) is 0 Å². The van der Waals surface area contributed by atoms with Gasteiger partial charge in [0.25, 0.3) is 5.91 Å². The van der Waals surface area contributed by atoms with Crippen molar-refractivity contribution in [3.63, 3.8) is 0 Å². The topological polar surface area (TPSA) is 241 Å². The predicted octanol–water partition coefficient (Wildman–Crippen LogP) is 12.8. The third-order valence-electron chi connectivity index (χ3n) is 16.2. The van der Waals surface area contributed by atoms with Crippen LogP contribution in [0.5, 0.6) is 0 Å². The molecule has 442 valence electrons. The van der Waals surface area contributed by atoms with Crippen LogP contribution < -0.4 is 5.32 Å². The summed E-state index contributed by atoms with van der Waals surface area (Å²) in [5.41, 5.74) is 1.77. The number of nitrogens with zero attached hydrogens (tertiary/aromatic N) is 7. The minimum absolute atomic E-state index is 0.0721. The maximum absolute atomic E-state index is 15.1. The molecule has 7 heterocycles. The van der Waals surface area contributed by atoms with Crippen LogP contribution in [0, 0.1) is 11.6 Å². The summed E-state index contributed by atoms with van der Waals surface area (Å²) < 4.78 is 59.9. The summed E-state index contributed by atoms with van der Waals surface area (Å²) in [5.74, 6) is -0.663. The number of fused-ring (bicyclic) bond motifs is 2. The second-order valence-corrected chi connectivity index (χ2v) is 25.7. The van der Waals surface area contributed by atoms with Gasteiger partial charge in [-0.25, -0.2) is 23.5 Å². The van der Waals surface area contributed by atoms with Gasteiger partial charge in [-0.2, -0.15) is 0 Å². The first kappa shape index (κ1) is 59.0. The van der Waals surface area contributed by atoms with Crippen molar-refractivity contribution in [3.8, 4) is 22.5 Å². The van der Waals surface area contributed by atoms with E-state index in [1.54, 1.807) is 6.07 Å². The maximum atomic E-state index is 15.1. The summed E-state index contributed by atoms with van der Waals surface area (Å²) in [5, 5.41) is 46.0. The van der Waals surface area contributed by atoms with Gasteiger partial charge in [0.05, 0.1) is 73.7 Å². The van der Waals surface area contributed by atoms with E-state index in [1.807, 2.05) is 0 Å². The normalized spacial score (nSPS) is 22.1. The number of aliphatic hydroxyl groups is 2. The number of morpholine rings is 1. The van der Waals surface area contributed by atoms with Crippen molar-refractivity contribution in [1.82, 2.24) is 40.5 Å². The third-order valence-corrected chi connectivity index (χ3v) is 19.7. The van der Waals surface area contributed by atoms with E-state index < -0.39 is 28.8 Å². The number of amides is 1. The standard InChI is InChI=1S/C32H34Cl2FN5O5S.C26H22Cl2FN3O5S/c33-22-15-36-16-23(34)26(22)27-21(29(45-39-27)18-1-2-18)17-44-20-3-5-32(42,6-4-20)31-38-28-24(35)13-19(14-25(28)46-31)30(41)37-7-8-40-9-11-43-12-10-40;27-16-9-30-10-17(28)20(16)21-15(23(37-32-21)12-1-2-12)11-36-14-3-5-26(35,6-4-14)25-31-22-18(29)7-13(24(33)34)8-19(22)38-25/h13-16,18,20,42H,1-12,17H2,(H,37,41);7-10,12,14,35H,1-6,11H2,(H,33,34). The molecule has 0 unspecified atom stereocenters. The number of thiazole rings is 2. The van der Waals surface area contributed by atoms with E-state index in [9.17, 15) is 29.3 Å². The van der Waals surface area contributed by atoms with Crippen LogP contribution in [0.15, 0.2) is 58.1 Å². The molecule has 13 rings (SSSR count). The zero-order valence-corrected chi connectivity index (χ0v) is 49.6. The largest absolute Gasteiger partial charge is 0.478 e. The predicted molar refractivity (Wildman–Crippen MR) is 311 cm³/mol. The van der Waals surface area contributed by atoms with Crippen LogP contribution in [-0.2, 0) is 38.6 Å². The van der Waals surface area contributed by atoms with E-state index in [4.69, 9.17) is 69.7 Å². The van der Waals surface area contributed by atoms with E-state index in [1.165, 1.54) is 48.3 Å². The molecule has 0 atom stereocenters. The van der Waals surface area contributed by atoms with Gasteiger partial charge in [-0.05, 0) is 101 Å². The number of carbonyl (C=O) groups excluding carboxylic acids is 1. The molecule has 8 aromatic rings. The van der Waals surface area contributed by atoms with E-state index in [2.05, 4.69) is 40.5 Å². The third kappa shape index (κ3) is 12.6. The zero-order valence-electron chi connectivity index (χ0n) is 45.0. The number of carboxylic acids is 1. The number of halogens is 6. The lowest BCUT2D eigenvalue weighted by Crippen LogP contribution is -2.41. The smallest absolute Gasteiger partial charge is 0.335 e. The maximum Gasteiger partial charge on any atom is 0.335 e. The van der Waals surface area contributed by atoms with Gasteiger partial charge in [0.15, 0.2) is 11.6 Å². The van der Waals surface area contributed by atoms with Crippen molar-refractivity contribution in [2.45, 2.75) is 126 Å². The molecule has 2 aromatic carbocycles. The minimum atomic E-state index is -1.24. The fourth-order valence-electron chi connectivity index (χ4n) is 11.1. The molecule has 6 aromatic heterocycles. The Bertz CT molecular complexity index is 3720. The fourth-order valence-corrected chi connectivity index (χ4v) is 14.5. The van der Waals surface area contributed by atoms with E-state index in [0.717, 1.165) is 78.8 Å². The number of rotatable bonds is 17. The van der Waals surface area contributed by atoms with Gasteiger partial charge in [0, 0.05) is 90.6 Å². The van der Waals surface area contributed by atoms with Crippen LogP contribution in [-0.4, -0.2) is 114 Å². The second kappa shape index (κ2) is 24.8. The molecule has 0 spiro atoms. The number of carbonyl (C=O) groups is 2. The number of aromatic carboxylic acids is 1. The number of nitrogens with one attached hydrogen (secondary N) is 1. The lowest BCUT2D eigenvalue weighted by molar-refractivity contribution is -0.0641. The number of aromatic nitrogens is 6. The Morgan fingerprint density at radius 2 is 1.08 bits per heavy atom. The quantitative estimate of drug-likeness (QED) is 0.0662. The summed E-state index contributed by atoms with van der Waals surface area (Å²) in [6.07, 6.45) is 13.8. The summed E-state index contributed by atoms with van der Waals surface area (Å²) in [6.45, 7) is 4.73. The van der Waals surface area contributed by atoms with Crippen LogP contribution in [0.3, 0.4) is 0 Å². The highest BCUT2D eigenvalue weighted by atomic mass is 35.5. The molecular weight excluding hydrogens is 1210 g/mol. The average Bonchev–Trinajstić information content (AvgIpc) is 2.99. The Morgan fingerprint density at radius 3 is 1.51 bits per heavy atom. The highest BCUT2D eigenvalue weighted by molar-refractivity contribution is 7.19. The molecule has 4 N–H and O–H groups in total. The molecule has 1 amide bonds. The fraction of sp³-hybridized carbons (Fsp3) is 0.448. The molecule has 1 aliphatic heterocycles. The molecule has 84 heavy (non-hydrogen) atoms. The minimum Gasteiger partial charge on any atom is -0.478 e. The van der Waals surface area contributed by atoms with Gasteiger partial charge < -0.3 is 43.9 Å². The summed E-state index contributed by atoms with van der Waals surface area (Å²) in [4.78, 5) is 43.2. The summed E-state index contributed by atoms with van der Waals surface area (Å²) in [7, 11) is 0.